The Morgan fingerprint density at radius 2 is 2.11 bits per heavy atom. The standard InChI is InChI=1S/C15H15NO2S/c17-10-13(14-5-3-7-18-14)16-9-12-8-11-4-1-2-6-15(11)19-12/h1-8,13,16-17H,9-10H2. The van der Waals surface area contributed by atoms with Crippen molar-refractivity contribution in [2.24, 2.45) is 0 Å². The number of rotatable bonds is 5. The molecule has 0 fully saturated rings. The summed E-state index contributed by atoms with van der Waals surface area (Å²) in [7, 11) is 0. The van der Waals surface area contributed by atoms with Crippen LogP contribution in [0.1, 0.15) is 16.7 Å². The molecule has 98 valence electrons. The minimum atomic E-state index is -0.153. The number of thiophene rings is 1. The summed E-state index contributed by atoms with van der Waals surface area (Å²) < 4.78 is 6.60. The second-order valence-electron chi connectivity index (χ2n) is 4.38. The van der Waals surface area contributed by atoms with Gasteiger partial charge < -0.3 is 14.8 Å². The molecular formula is C15H15NO2S. The molecule has 0 saturated heterocycles. The zero-order chi connectivity index (χ0) is 13.1. The van der Waals surface area contributed by atoms with E-state index in [0.29, 0.717) is 0 Å². The Labute approximate surface area is 115 Å². The number of aliphatic hydroxyl groups excluding tert-OH is 1. The van der Waals surface area contributed by atoms with Crippen molar-refractivity contribution in [2.45, 2.75) is 12.6 Å². The lowest BCUT2D eigenvalue weighted by molar-refractivity contribution is 0.226. The number of hydrogen-bond donors (Lipinski definition) is 2. The van der Waals surface area contributed by atoms with Crippen molar-refractivity contribution in [1.29, 1.82) is 0 Å². The molecule has 0 spiro atoms. The maximum atomic E-state index is 9.40. The van der Waals surface area contributed by atoms with E-state index < -0.39 is 0 Å². The van der Waals surface area contributed by atoms with E-state index in [2.05, 4.69) is 29.6 Å². The molecule has 3 aromatic rings. The molecule has 0 radical (unpaired) electrons. The lowest BCUT2D eigenvalue weighted by Gasteiger charge is -2.12. The van der Waals surface area contributed by atoms with Gasteiger partial charge in [0.1, 0.15) is 5.76 Å². The first-order chi connectivity index (χ1) is 9.36. The van der Waals surface area contributed by atoms with Crippen LogP contribution >= 0.6 is 11.3 Å². The fraction of sp³-hybridized carbons (Fsp3) is 0.200. The van der Waals surface area contributed by atoms with Crippen LogP contribution in [0.4, 0.5) is 0 Å². The molecule has 1 aromatic carbocycles. The van der Waals surface area contributed by atoms with Gasteiger partial charge in [0.15, 0.2) is 0 Å². The summed E-state index contributed by atoms with van der Waals surface area (Å²) in [5.41, 5.74) is 0. The molecule has 0 aliphatic rings. The maximum absolute atomic E-state index is 9.40. The van der Waals surface area contributed by atoms with Crippen LogP contribution in [-0.4, -0.2) is 11.7 Å². The summed E-state index contributed by atoms with van der Waals surface area (Å²) in [4.78, 5) is 1.26. The Balaban J connectivity index is 1.71. The zero-order valence-corrected chi connectivity index (χ0v) is 11.2. The van der Waals surface area contributed by atoms with Crippen LogP contribution in [0.15, 0.2) is 53.1 Å². The molecule has 2 aromatic heterocycles. The van der Waals surface area contributed by atoms with Crippen molar-refractivity contribution in [2.75, 3.05) is 6.61 Å². The van der Waals surface area contributed by atoms with E-state index in [4.69, 9.17) is 4.42 Å². The number of benzene rings is 1. The van der Waals surface area contributed by atoms with Gasteiger partial charge in [-0.25, -0.2) is 0 Å². The molecule has 3 nitrogen and oxygen atoms in total. The number of fused-ring (bicyclic) bond motifs is 1. The number of nitrogens with one attached hydrogen (secondary N) is 1. The molecule has 4 heteroatoms. The molecule has 1 unspecified atom stereocenters. The molecule has 0 bridgehead atoms. The molecule has 2 N–H and O–H groups in total. The summed E-state index contributed by atoms with van der Waals surface area (Å²) in [5, 5.41) is 14.0. The smallest absolute Gasteiger partial charge is 0.123 e. The van der Waals surface area contributed by atoms with Gasteiger partial charge in [-0.15, -0.1) is 11.3 Å². The Morgan fingerprint density at radius 1 is 1.21 bits per heavy atom. The van der Waals surface area contributed by atoms with E-state index in [0.717, 1.165) is 12.3 Å². The zero-order valence-electron chi connectivity index (χ0n) is 10.4. The molecule has 3 rings (SSSR count). The quantitative estimate of drug-likeness (QED) is 0.749. The average Bonchev–Trinajstić information content (AvgIpc) is 3.08. The third-order valence-electron chi connectivity index (χ3n) is 3.07. The summed E-state index contributed by atoms with van der Waals surface area (Å²) in [6.07, 6.45) is 1.62. The molecule has 0 aliphatic heterocycles. The van der Waals surface area contributed by atoms with Gasteiger partial charge >= 0.3 is 0 Å². The van der Waals surface area contributed by atoms with Crippen molar-refractivity contribution in [3.05, 3.63) is 59.4 Å². The predicted molar refractivity (Wildman–Crippen MR) is 77.2 cm³/mol. The van der Waals surface area contributed by atoms with Crippen molar-refractivity contribution in [3.63, 3.8) is 0 Å². The van der Waals surface area contributed by atoms with Crippen molar-refractivity contribution in [3.8, 4) is 0 Å². The first kappa shape index (κ1) is 12.4. The van der Waals surface area contributed by atoms with Crippen molar-refractivity contribution in [1.82, 2.24) is 5.32 Å². The van der Waals surface area contributed by atoms with Crippen LogP contribution in [-0.2, 0) is 6.54 Å². The summed E-state index contributed by atoms with van der Waals surface area (Å²) >= 11 is 1.77. The van der Waals surface area contributed by atoms with E-state index in [-0.39, 0.29) is 12.6 Å². The van der Waals surface area contributed by atoms with Gasteiger partial charge in [0, 0.05) is 16.1 Å². The highest BCUT2D eigenvalue weighted by Gasteiger charge is 2.12. The lowest BCUT2D eigenvalue weighted by atomic mass is 10.2. The Morgan fingerprint density at radius 3 is 2.84 bits per heavy atom. The Hall–Kier alpha value is -1.62. The molecule has 1 atom stereocenters. The van der Waals surface area contributed by atoms with Crippen LogP contribution in [0, 0.1) is 0 Å². The van der Waals surface area contributed by atoms with E-state index in [1.165, 1.54) is 15.0 Å². The van der Waals surface area contributed by atoms with Gasteiger partial charge in [-0.2, -0.15) is 0 Å². The van der Waals surface area contributed by atoms with Crippen molar-refractivity contribution < 1.29 is 9.52 Å². The van der Waals surface area contributed by atoms with Gasteiger partial charge in [-0.1, -0.05) is 18.2 Å². The fourth-order valence-electron chi connectivity index (χ4n) is 2.09. The Bertz CT molecular complexity index is 612. The normalized spacial score (nSPS) is 12.9. The molecule has 0 aliphatic carbocycles. The van der Waals surface area contributed by atoms with Gasteiger partial charge in [0.05, 0.1) is 18.9 Å². The van der Waals surface area contributed by atoms with Crippen LogP contribution in [0.5, 0.6) is 0 Å². The molecule has 0 saturated carbocycles. The van der Waals surface area contributed by atoms with Gasteiger partial charge in [-0.3, -0.25) is 0 Å². The van der Waals surface area contributed by atoms with Crippen LogP contribution in [0.3, 0.4) is 0 Å². The highest BCUT2D eigenvalue weighted by atomic mass is 32.1. The molecular weight excluding hydrogens is 258 g/mol. The minimum Gasteiger partial charge on any atom is -0.468 e. The molecule has 0 amide bonds. The second-order valence-corrected chi connectivity index (χ2v) is 5.55. The van der Waals surface area contributed by atoms with Gasteiger partial charge in [-0.05, 0) is 29.7 Å². The maximum Gasteiger partial charge on any atom is 0.123 e. The lowest BCUT2D eigenvalue weighted by Crippen LogP contribution is -2.23. The van der Waals surface area contributed by atoms with E-state index in [1.807, 2.05) is 18.2 Å². The van der Waals surface area contributed by atoms with Crippen LogP contribution in [0.25, 0.3) is 10.1 Å². The summed E-state index contributed by atoms with van der Waals surface area (Å²) in [5.74, 6) is 0.767. The van der Waals surface area contributed by atoms with Crippen molar-refractivity contribution >= 4 is 21.4 Å². The average molecular weight is 273 g/mol. The third-order valence-corrected chi connectivity index (χ3v) is 4.18. The number of furan rings is 1. The van der Waals surface area contributed by atoms with Crippen LogP contribution < -0.4 is 5.32 Å². The second kappa shape index (κ2) is 5.57. The monoisotopic (exact) mass is 273 g/mol. The first-order valence-electron chi connectivity index (χ1n) is 6.22. The van der Waals surface area contributed by atoms with E-state index >= 15 is 0 Å². The number of hydrogen-bond acceptors (Lipinski definition) is 4. The molecule has 19 heavy (non-hydrogen) atoms. The largest absolute Gasteiger partial charge is 0.468 e. The fourth-order valence-corrected chi connectivity index (χ4v) is 3.11. The summed E-state index contributed by atoms with van der Waals surface area (Å²) in [6, 6.07) is 14.1. The minimum absolute atomic E-state index is 0.0262. The van der Waals surface area contributed by atoms with Gasteiger partial charge in [0.25, 0.3) is 0 Å². The highest BCUT2D eigenvalue weighted by Crippen LogP contribution is 2.25. The van der Waals surface area contributed by atoms with E-state index in [9.17, 15) is 5.11 Å². The van der Waals surface area contributed by atoms with Crippen LogP contribution in [0.2, 0.25) is 0 Å². The summed E-state index contributed by atoms with van der Waals surface area (Å²) in [6.45, 7) is 0.754. The van der Waals surface area contributed by atoms with E-state index in [1.54, 1.807) is 17.6 Å². The first-order valence-corrected chi connectivity index (χ1v) is 7.03. The SMILES string of the molecule is OCC(NCc1cc2ccccc2s1)c1ccco1. The third kappa shape index (κ3) is 2.71. The highest BCUT2D eigenvalue weighted by molar-refractivity contribution is 7.19. The predicted octanol–water partition coefficient (Wildman–Crippen LogP) is 3.32. The Kier molecular flexibility index (Phi) is 3.64. The molecule has 2 heterocycles. The number of aliphatic hydroxyl groups is 1. The topological polar surface area (TPSA) is 45.4 Å². The van der Waals surface area contributed by atoms with Gasteiger partial charge in [0.2, 0.25) is 0 Å².